The Morgan fingerprint density at radius 1 is 1.03 bits per heavy atom. The van der Waals surface area contributed by atoms with Crippen LogP contribution >= 0.6 is 22.9 Å². The molecule has 6 heteroatoms. The van der Waals surface area contributed by atoms with Crippen LogP contribution in [0, 0.1) is 12.8 Å². The summed E-state index contributed by atoms with van der Waals surface area (Å²) in [6.07, 6.45) is 10.1. The molecule has 3 aliphatic rings. The summed E-state index contributed by atoms with van der Waals surface area (Å²) in [7, 11) is 0. The monoisotopic (exact) mass is 436 g/mol. The largest absolute Gasteiger partial charge is 0.341 e. The molecule has 0 radical (unpaired) electrons. The molecule has 4 heterocycles. The zero-order valence-electron chi connectivity index (χ0n) is 17.5. The minimum Gasteiger partial charge on any atom is -0.341 e. The number of nitrogens with zero attached hydrogens (tertiary/aromatic N) is 4. The van der Waals surface area contributed by atoms with Crippen molar-refractivity contribution < 1.29 is 0 Å². The number of fused-ring (bicyclic) bond motifs is 3. The molecule has 156 valence electrons. The first-order valence-electron chi connectivity index (χ1n) is 11.4. The molecule has 0 spiro atoms. The molecule has 2 saturated heterocycles. The van der Waals surface area contributed by atoms with E-state index in [-0.39, 0.29) is 0 Å². The van der Waals surface area contributed by atoms with E-state index in [1.54, 1.807) is 16.4 Å². The van der Waals surface area contributed by atoms with Crippen molar-refractivity contribution in [3.63, 3.8) is 0 Å². The van der Waals surface area contributed by atoms with E-state index in [2.05, 4.69) is 44.6 Å². The van der Waals surface area contributed by atoms with Gasteiger partial charge in [0.25, 0.3) is 0 Å². The average molecular weight is 437 g/mol. The van der Waals surface area contributed by atoms with Crippen LogP contribution in [-0.2, 0) is 12.8 Å². The van der Waals surface area contributed by atoms with Crippen molar-refractivity contribution in [1.29, 1.82) is 0 Å². The van der Waals surface area contributed by atoms with Crippen molar-refractivity contribution in [2.75, 3.05) is 4.90 Å². The van der Waals surface area contributed by atoms with E-state index in [9.17, 15) is 0 Å². The Bertz CT molecular complexity index is 1010. The minimum atomic E-state index is 0.499. The third-order valence-corrected chi connectivity index (χ3v) is 9.21. The number of aromatic nitrogens is 3. The van der Waals surface area contributed by atoms with Gasteiger partial charge in [0, 0.05) is 40.8 Å². The van der Waals surface area contributed by atoms with Crippen molar-refractivity contribution in [3.05, 3.63) is 57.3 Å². The zero-order valence-corrected chi connectivity index (χ0v) is 19.1. The van der Waals surface area contributed by atoms with Gasteiger partial charge >= 0.3 is 0 Å². The number of aryl methyl sites for hydroxylation is 2. The molecule has 3 atom stereocenters. The Hall–Kier alpha value is -1.79. The van der Waals surface area contributed by atoms with Crippen LogP contribution in [0.1, 0.15) is 71.4 Å². The third kappa shape index (κ3) is 3.38. The minimum absolute atomic E-state index is 0.499. The molecule has 3 unspecified atom stereocenters. The topological polar surface area (TPSA) is 41.9 Å². The number of rotatable bonds is 4. The fourth-order valence-electron chi connectivity index (χ4n) is 5.97. The van der Waals surface area contributed by atoms with E-state index in [1.807, 2.05) is 18.3 Å². The number of thiazole rings is 1. The smallest absolute Gasteiger partial charge is 0.205 e. The molecule has 0 saturated carbocycles. The molecule has 0 amide bonds. The normalized spacial score (nSPS) is 28.0. The molecule has 2 aliphatic heterocycles. The van der Waals surface area contributed by atoms with Crippen molar-refractivity contribution in [1.82, 2.24) is 14.3 Å². The lowest BCUT2D eigenvalue weighted by molar-refractivity contribution is 0.337. The van der Waals surface area contributed by atoms with E-state index < -0.39 is 0 Å². The molecule has 1 aromatic carbocycles. The van der Waals surface area contributed by atoms with Crippen molar-refractivity contribution >= 4 is 28.0 Å². The standard InChI is InChI=1S/C24H28N4S2/c1-15-25-24(30-27-15)28-18-10-11-19(28)13-16(12-18)14-22-26-23-20(8-5-9-21(23)29-22)17-6-3-2-4-7-17/h2-4,6-7,16,18-20H,5,8-14H2,1H3. The highest BCUT2D eigenvalue weighted by atomic mass is 32.1. The molecule has 3 aromatic rings. The van der Waals surface area contributed by atoms with Gasteiger partial charge in [0.15, 0.2) is 0 Å². The first kappa shape index (κ1) is 18.9. The Balaban J connectivity index is 1.19. The van der Waals surface area contributed by atoms with Crippen LogP contribution in [0.4, 0.5) is 5.13 Å². The quantitative estimate of drug-likeness (QED) is 0.521. The van der Waals surface area contributed by atoms with Crippen LogP contribution < -0.4 is 4.90 Å². The highest BCUT2D eigenvalue weighted by Gasteiger charge is 2.42. The zero-order chi connectivity index (χ0) is 20.1. The summed E-state index contributed by atoms with van der Waals surface area (Å²) >= 11 is 3.59. The van der Waals surface area contributed by atoms with Crippen LogP contribution in [0.3, 0.4) is 0 Å². The van der Waals surface area contributed by atoms with Crippen LogP contribution in [0.5, 0.6) is 0 Å². The third-order valence-electron chi connectivity index (χ3n) is 7.23. The summed E-state index contributed by atoms with van der Waals surface area (Å²) in [5.41, 5.74) is 2.83. The predicted molar refractivity (Wildman–Crippen MR) is 124 cm³/mol. The molecular formula is C24H28N4S2. The number of benzene rings is 1. The molecule has 1 aliphatic carbocycles. The Labute approximate surface area is 186 Å². The summed E-state index contributed by atoms with van der Waals surface area (Å²) in [6, 6.07) is 12.3. The fourth-order valence-corrected chi connectivity index (χ4v) is 8.08. The molecule has 4 nitrogen and oxygen atoms in total. The van der Waals surface area contributed by atoms with E-state index in [4.69, 9.17) is 4.98 Å². The first-order chi connectivity index (χ1) is 14.7. The van der Waals surface area contributed by atoms with Gasteiger partial charge in [0.05, 0.1) is 10.7 Å². The highest BCUT2D eigenvalue weighted by Crippen LogP contribution is 2.44. The number of hydrogen-bond acceptors (Lipinski definition) is 6. The van der Waals surface area contributed by atoms with Crippen molar-refractivity contribution in [3.8, 4) is 0 Å². The van der Waals surface area contributed by atoms with Gasteiger partial charge in [-0.25, -0.2) is 9.97 Å². The lowest BCUT2D eigenvalue weighted by Gasteiger charge is -2.38. The summed E-state index contributed by atoms with van der Waals surface area (Å²) in [5.74, 6) is 2.17. The van der Waals surface area contributed by atoms with E-state index >= 15 is 0 Å². The maximum absolute atomic E-state index is 5.24. The Morgan fingerprint density at radius 3 is 2.57 bits per heavy atom. The van der Waals surface area contributed by atoms with Gasteiger partial charge in [-0.05, 0) is 63.4 Å². The fraction of sp³-hybridized carbons (Fsp3) is 0.542. The molecule has 2 bridgehead atoms. The molecule has 30 heavy (non-hydrogen) atoms. The number of anilines is 1. The van der Waals surface area contributed by atoms with E-state index in [0.717, 1.165) is 23.3 Å². The van der Waals surface area contributed by atoms with Gasteiger partial charge in [-0.2, -0.15) is 4.37 Å². The average Bonchev–Trinajstić information content (AvgIpc) is 3.43. The lowest BCUT2D eigenvalue weighted by atomic mass is 9.85. The molecule has 2 fully saturated rings. The molecule has 0 N–H and O–H groups in total. The summed E-state index contributed by atoms with van der Waals surface area (Å²) < 4.78 is 4.43. The lowest BCUT2D eigenvalue weighted by Crippen LogP contribution is -2.43. The number of hydrogen-bond donors (Lipinski definition) is 0. The van der Waals surface area contributed by atoms with Crippen molar-refractivity contribution in [2.24, 2.45) is 5.92 Å². The predicted octanol–water partition coefficient (Wildman–Crippen LogP) is 5.76. The summed E-state index contributed by atoms with van der Waals surface area (Å²) in [5, 5.41) is 2.53. The molecule has 2 aromatic heterocycles. The first-order valence-corrected chi connectivity index (χ1v) is 13.0. The maximum Gasteiger partial charge on any atom is 0.205 e. The highest BCUT2D eigenvalue weighted by molar-refractivity contribution is 7.11. The van der Waals surface area contributed by atoms with Crippen molar-refractivity contribution in [2.45, 2.75) is 76.3 Å². The second-order valence-electron chi connectivity index (χ2n) is 9.23. The van der Waals surface area contributed by atoms with Gasteiger partial charge < -0.3 is 4.90 Å². The van der Waals surface area contributed by atoms with Crippen LogP contribution in [0.25, 0.3) is 0 Å². The van der Waals surface area contributed by atoms with Gasteiger partial charge in [0.2, 0.25) is 5.13 Å². The van der Waals surface area contributed by atoms with Gasteiger partial charge in [0.1, 0.15) is 5.82 Å². The van der Waals surface area contributed by atoms with Gasteiger partial charge in [-0.15, -0.1) is 11.3 Å². The summed E-state index contributed by atoms with van der Waals surface area (Å²) in [6.45, 7) is 2.00. The van der Waals surface area contributed by atoms with E-state index in [0.29, 0.717) is 18.0 Å². The second kappa shape index (κ2) is 7.72. The Kier molecular flexibility index (Phi) is 4.87. The van der Waals surface area contributed by atoms with Gasteiger partial charge in [-0.1, -0.05) is 30.3 Å². The SMILES string of the molecule is Cc1nsc(N2C3CCC2CC(Cc2nc4c(s2)CCCC4c2ccccc2)C3)n1. The number of piperidine rings is 1. The molecular weight excluding hydrogens is 408 g/mol. The Morgan fingerprint density at radius 2 is 1.83 bits per heavy atom. The van der Waals surface area contributed by atoms with Crippen LogP contribution in [0.15, 0.2) is 30.3 Å². The maximum atomic E-state index is 5.24. The van der Waals surface area contributed by atoms with Crippen LogP contribution in [0.2, 0.25) is 0 Å². The van der Waals surface area contributed by atoms with Gasteiger partial charge in [-0.3, -0.25) is 0 Å². The second-order valence-corrected chi connectivity index (χ2v) is 11.1. The summed E-state index contributed by atoms with van der Waals surface area (Å²) in [4.78, 5) is 14.1. The van der Waals surface area contributed by atoms with Crippen LogP contribution in [-0.4, -0.2) is 26.4 Å². The molecule has 6 rings (SSSR count). The van der Waals surface area contributed by atoms with E-state index in [1.165, 1.54) is 61.2 Å².